The van der Waals surface area contributed by atoms with Crippen LogP contribution in [0.2, 0.25) is 0 Å². The molecule has 208 valence electrons. The van der Waals surface area contributed by atoms with Gasteiger partial charge in [0, 0.05) is 0 Å². The highest BCUT2D eigenvalue weighted by molar-refractivity contribution is 5.11. The van der Waals surface area contributed by atoms with E-state index in [0.717, 1.165) is 25.7 Å². The topological polar surface area (TPSA) is 0 Å². The lowest BCUT2D eigenvalue weighted by molar-refractivity contribution is 0.172. The molecule has 0 aromatic heterocycles. The van der Waals surface area contributed by atoms with Gasteiger partial charge in [-0.2, -0.15) is 0 Å². The van der Waals surface area contributed by atoms with Gasteiger partial charge < -0.3 is 0 Å². The summed E-state index contributed by atoms with van der Waals surface area (Å²) >= 11 is 0. The maximum absolute atomic E-state index is 4.09. The molecule has 0 spiro atoms. The van der Waals surface area contributed by atoms with E-state index in [1.165, 1.54) is 125 Å². The van der Waals surface area contributed by atoms with Gasteiger partial charge in [0.15, 0.2) is 0 Å². The standard InChI is InChI=1S/C37H60/c1-9-33(5)25-17-13-21-29-37(30-22-14-18-26-34(6)10-2,31-23-15-19-27-35(7)11-3)32-24-16-20-28-36(8)12-4/h9-12H,1-8,13-32H2. The summed E-state index contributed by atoms with van der Waals surface area (Å²) in [4.78, 5) is 0. The van der Waals surface area contributed by atoms with E-state index in [1.54, 1.807) is 0 Å². The molecule has 0 fully saturated rings. The second kappa shape index (κ2) is 23.1. The van der Waals surface area contributed by atoms with Crippen molar-refractivity contribution in [2.75, 3.05) is 0 Å². The van der Waals surface area contributed by atoms with Gasteiger partial charge in [-0.25, -0.2) is 0 Å². The third kappa shape index (κ3) is 19.7. The van der Waals surface area contributed by atoms with Crippen LogP contribution in [0.15, 0.2) is 99.2 Å². The zero-order valence-electron chi connectivity index (χ0n) is 24.6. The van der Waals surface area contributed by atoms with Crippen molar-refractivity contribution in [3.63, 3.8) is 0 Å². The van der Waals surface area contributed by atoms with Crippen LogP contribution in [0, 0.1) is 5.41 Å². The molecular formula is C37H60. The van der Waals surface area contributed by atoms with Gasteiger partial charge in [-0.3, -0.25) is 0 Å². The molecule has 0 atom stereocenters. The SMILES string of the molecule is C=CC(=C)CCCCCC(CCCCCC(=C)C=C)(CCCCCC(=C)C=C)CCCCCC(=C)C=C. The molecule has 0 rings (SSSR count). The van der Waals surface area contributed by atoms with E-state index in [2.05, 4.69) is 52.6 Å². The van der Waals surface area contributed by atoms with Crippen LogP contribution in [0.4, 0.5) is 0 Å². The first-order valence-electron chi connectivity index (χ1n) is 15.0. The molecule has 0 aliphatic heterocycles. The van der Waals surface area contributed by atoms with Gasteiger partial charge >= 0.3 is 0 Å². The molecule has 0 aliphatic carbocycles. The molecule has 0 heteroatoms. The molecule has 0 nitrogen and oxygen atoms in total. The van der Waals surface area contributed by atoms with Crippen LogP contribution in [-0.4, -0.2) is 0 Å². The fourth-order valence-electron chi connectivity index (χ4n) is 5.27. The molecule has 0 saturated carbocycles. The first-order valence-corrected chi connectivity index (χ1v) is 15.0. The minimum atomic E-state index is 0.482. The van der Waals surface area contributed by atoms with Crippen molar-refractivity contribution in [2.45, 2.75) is 128 Å². The van der Waals surface area contributed by atoms with Crippen LogP contribution >= 0.6 is 0 Å². The van der Waals surface area contributed by atoms with E-state index in [1.807, 2.05) is 24.3 Å². The van der Waals surface area contributed by atoms with E-state index < -0.39 is 0 Å². The van der Waals surface area contributed by atoms with E-state index in [-0.39, 0.29) is 0 Å². The smallest absolute Gasteiger partial charge is 0.0285 e. The molecule has 0 bridgehead atoms. The predicted octanol–water partition coefficient (Wildman–Crippen LogP) is 12.7. The van der Waals surface area contributed by atoms with E-state index in [0.29, 0.717) is 5.41 Å². The highest BCUT2D eigenvalue weighted by Crippen LogP contribution is 2.42. The molecule has 0 N–H and O–H groups in total. The molecule has 0 radical (unpaired) electrons. The average Bonchev–Trinajstić information content (AvgIpc) is 2.91. The van der Waals surface area contributed by atoms with Crippen LogP contribution < -0.4 is 0 Å². The molecule has 0 aromatic rings. The number of hydrogen-bond acceptors (Lipinski definition) is 0. The summed E-state index contributed by atoms with van der Waals surface area (Å²) < 4.78 is 0. The molecular weight excluding hydrogens is 444 g/mol. The predicted molar refractivity (Wildman–Crippen MR) is 172 cm³/mol. The molecule has 0 unspecified atom stereocenters. The maximum atomic E-state index is 4.09. The summed E-state index contributed by atoms with van der Waals surface area (Å²) in [5.74, 6) is 0. The summed E-state index contributed by atoms with van der Waals surface area (Å²) in [7, 11) is 0. The zero-order valence-corrected chi connectivity index (χ0v) is 24.6. The van der Waals surface area contributed by atoms with E-state index in [9.17, 15) is 0 Å². The normalized spacial score (nSPS) is 11.0. The van der Waals surface area contributed by atoms with Gasteiger partial charge in [-0.1, -0.05) is 151 Å². The molecule has 0 saturated heterocycles. The van der Waals surface area contributed by atoms with Crippen LogP contribution in [-0.2, 0) is 0 Å². The van der Waals surface area contributed by atoms with Crippen molar-refractivity contribution in [3.8, 4) is 0 Å². The quantitative estimate of drug-likeness (QED) is 0.0734. The second-order valence-corrected chi connectivity index (χ2v) is 11.2. The fourth-order valence-corrected chi connectivity index (χ4v) is 5.27. The van der Waals surface area contributed by atoms with Crippen LogP contribution in [0.25, 0.3) is 0 Å². The third-order valence-corrected chi connectivity index (χ3v) is 7.97. The van der Waals surface area contributed by atoms with Gasteiger partial charge in [0.05, 0.1) is 0 Å². The summed E-state index contributed by atoms with van der Waals surface area (Å²) in [5, 5.41) is 0. The lowest BCUT2D eigenvalue weighted by Gasteiger charge is -2.35. The van der Waals surface area contributed by atoms with E-state index >= 15 is 0 Å². The van der Waals surface area contributed by atoms with Crippen molar-refractivity contribution in [1.29, 1.82) is 0 Å². The fraction of sp³-hybridized carbons (Fsp3) is 0.568. The Hall–Kier alpha value is -2.08. The van der Waals surface area contributed by atoms with Gasteiger partial charge in [0.2, 0.25) is 0 Å². The lowest BCUT2D eigenvalue weighted by Crippen LogP contribution is -2.21. The zero-order chi connectivity index (χ0) is 27.8. The number of rotatable bonds is 28. The van der Waals surface area contributed by atoms with Gasteiger partial charge in [-0.05, 0) is 82.5 Å². The van der Waals surface area contributed by atoms with Crippen LogP contribution in [0.3, 0.4) is 0 Å². The van der Waals surface area contributed by atoms with Gasteiger partial charge in [0.25, 0.3) is 0 Å². The highest BCUT2D eigenvalue weighted by atomic mass is 14.3. The molecule has 37 heavy (non-hydrogen) atoms. The summed E-state index contributed by atoms with van der Waals surface area (Å²) in [6.07, 6.45) is 32.9. The van der Waals surface area contributed by atoms with Crippen LogP contribution in [0.5, 0.6) is 0 Å². The Bertz CT molecular complexity index is 587. The Kier molecular flexibility index (Phi) is 21.8. The summed E-state index contributed by atoms with van der Waals surface area (Å²) in [5.41, 5.74) is 5.18. The van der Waals surface area contributed by atoms with Crippen molar-refractivity contribution < 1.29 is 0 Å². The summed E-state index contributed by atoms with van der Waals surface area (Å²) in [6.45, 7) is 31.8. The maximum Gasteiger partial charge on any atom is -0.0285 e. The van der Waals surface area contributed by atoms with E-state index in [4.69, 9.17) is 0 Å². The molecule has 0 aliphatic rings. The van der Waals surface area contributed by atoms with Gasteiger partial charge in [-0.15, -0.1) is 0 Å². The molecule has 0 aromatic carbocycles. The Morgan fingerprint density at radius 1 is 0.351 bits per heavy atom. The van der Waals surface area contributed by atoms with Crippen molar-refractivity contribution in [2.24, 2.45) is 5.41 Å². The van der Waals surface area contributed by atoms with Crippen LogP contribution in [0.1, 0.15) is 128 Å². The second-order valence-electron chi connectivity index (χ2n) is 11.2. The minimum absolute atomic E-state index is 0.482. The van der Waals surface area contributed by atoms with Crippen molar-refractivity contribution >= 4 is 0 Å². The van der Waals surface area contributed by atoms with Crippen molar-refractivity contribution in [3.05, 3.63) is 99.2 Å². The first kappa shape index (κ1) is 34.9. The lowest BCUT2D eigenvalue weighted by atomic mass is 9.70. The first-order chi connectivity index (χ1) is 17.8. The minimum Gasteiger partial charge on any atom is -0.0988 e. The molecule has 0 amide bonds. The van der Waals surface area contributed by atoms with Gasteiger partial charge in [0.1, 0.15) is 0 Å². The summed E-state index contributed by atoms with van der Waals surface area (Å²) in [6, 6.07) is 0. The number of unbranched alkanes of at least 4 members (excludes halogenated alkanes) is 8. The largest absolute Gasteiger partial charge is 0.0988 e. The Balaban J connectivity index is 5.11. The van der Waals surface area contributed by atoms with Crippen molar-refractivity contribution in [1.82, 2.24) is 0 Å². The highest BCUT2D eigenvalue weighted by Gasteiger charge is 2.28. The Morgan fingerprint density at radius 3 is 0.757 bits per heavy atom. The monoisotopic (exact) mass is 504 g/mol. The Morgan fingerprint density at radius 2 is 0.568 bits per heavy atom. The average molecular weight is 505 g/mol. The molecule has 0 heterocycles. The number of hydrogen-bond donors (Lipinski definition) is 0. The Labute approximate surface area is 232 Å². The third-order valence-electron chi connectivity index (χ3n) is 7.97. The number of allylic oxidation sites excluding steroid dienone is 8.